The van der Waals surface area contributed by atoms with Gasteiger partial charge in [-0.1, -0.05) is 19.0 Å². The van der Waals surface area contributed by atoms with E-state index in [2.05, 4.69) is 41.1 Å². The first kappa shape index (κ1) is 12.5. The van der Waals surface area contributed by atoms with Crippen LogP contribution >= 0.6 is 0 Å². The van der Waals surface area contributed by atoms with Gasteiger partial charge in [0, 0.05) is 38.1 Å². The maximum absolute atomic E-state index is 4.76. The number of piperazine rings is 1. The Labute approximate surface area is 103 Å². The molecule has 1 aromatic heterocycles. The molecule has 1 N–H and O–H groups in total. The fraction of sp³-hybridized carbons (Fsp3) is 0.833. The predicted molar refractivity (Wildman–Crippen MR) is 65.7 cm³/mol. The van der Waals surface area contributed by atoms with Crippen molar-refractivity contribution in [3.05, 3.63) is 12.2 Å². The lowest BCUT2D eigenvalue weighted by atomic mass is 9.98. The second kappa shape index (κ2) is 5.60. The molecule has 17 heavy (non-hydrogen) atoms. The second-order valence-electron chi connectivity index (χ2n) is 5.21. The summed E-state index contributed by atoms with van der Waals surface area (Å²) < 4.78 is 4.76. The minimum Gasteiger partial charge on any atom is -0.343 e. The van der Waals surface area contributed by atoms with Crippen LogP contribution in [0.3, 0.4) is 0 Å². The Bertz CT molecular complexity index is 325. The Hall–Kier alpha value is -0.940. The summed E-state index contributed by atoms with van der Waals surface area (Å²) in [6, 6.07) is 1.17. The molecule has 2 unspecified atom stereocenters. The molecule has 1 aromatic rings. The van der Waals surface area contributed by atoms with E-state index in [-0.39, 0.29) is 0 Å². The highest BCUT2D eigenvalue weighted by Crippen LogP contribution is 2.15. The monoisotopic (exact) mass is 238 g/mol. The van der Waals surface area contributed by atoms with Gasteiger partial charge >= 0.3 is 0 Å². The van der Waals surface area contributed by atoms with Crippen molar-refractivity contribution in [3.63, 3.8) is 0 Å². The highest BCUT2D eigenvalue weighted by atomic mass is 16.5. The molecule has 2 atom stereocenters. The molecule has 1 aliphatic rings. The molecule has 0 radical (unpaired) electrons. The van der Waals surface area contributed by atoms with Gasteiger partial charge in [-0.2, -0.15) is 4.98 Å². The SMILES string of the molecule is CC1CN(CCc2ncon2)C(C(C)C)CN1. The van der Waals surface area contributed by atoms with E-state index < -0.39 is 0 Å². The third-order valence-electron chi connectivity index (χ3n) is 3.45. The van der Waals surface area contributed by atoms with Crippen LogP contribution in [0.5, 0.6) is 0 Å². The van der Waals surface area contributed by atoms with E-state index in [1.54, 1.807) is 0 Å². The lowest BCUT2D eigenvalue weighted by Crippen LogP contribution is -2.57. The zero-order valence-electron chi connectivity index (χ0n) is 10.9. The van der Waals surface area contributed by atoms with Gasteiger partial charge in [0.05, 0.1) is 0 Å². The first-order valence-electron chi connectivity index (χ1n) is 6.39. The number of nitrogens with zero attached hydrogens (tertiary/aromatic N) is 3. The van der Waals surface area contributed by atoms with Crippen molar-refractivity contribution < 1.29 is 4.52 Å². The molecule has 1 saturated heterocycles. The molecule has 0 spiro atoms. The van der Waals surface area contributed by atoms with E-state index in [4.69, 9.17) is 4.52 Å². The summed E-state index contributed by atoms with van der Waals surface area (Å²) in [5.74, 6) is 1.47. The van der Waals surface area contributed by atoms with E-state index in [0.29, 0.717) is 18.0 Å². The minimum absolute atomic E-state index is 0.565. The Balaban J connectivity index is 1.90. The predicted octanol–water partition coefficient (Wildman–Crippen LogP) is 0.930. The van der Waals surface area contributed by atoms with Crippen molar-refractivity contribution in [1.29, 1.82) is 0 Å². The van der Waals surface area contributed by atoms with Gasteiger partial charge in [-0.05, 0) is 12.8 Å². The van der Waals surface area contributed by atoms with Crippen molar-refractivity contribution in [3.8, 4) is 0 Å². The maximum atomic E-state index is 4.76. The summed E-state index contributed by atoms with van der Waals surface area (Å²) >= 11 is 0. The summed E-state index contributed by atoms with van der Waals surface area (Å²) in [6.45, 7) is 9.98. The molecular weight excluding hydrogens is 216 g/mol. The lowest BCUT2D eigenvalue weighted by molar-refractivity contribution is 0.103. The molecule has 1 fully saturated rings. The third-order valence-corrected chi connectivity index (χ3v) is 3.45. The number of hydrogen-bond acceptors (Lipinski definition) is 5. The zero-order chi connectivity index (χ0) is 12.3. The zero-order valence-corrected chi connectivity index (χ0v) is 10.9. The van der Waals surface area contributed by atoms with Crippen LogP contribution in [0.2, 0.25) is 0 Å². The van der Waals surface area contributed by atoms with Gasteiger partial charge in [0.2, 0.25) is 6.39 Å². The molecule has 0 saturated carbocycles. The molecule has 5 nitrogen and oxygen atoms in total. The van der Waals surface area contributed by atoms with Gasteiger partial charge in [0.15, 0.2) is 5.82 Å². The average Bonchev–Trinajstić information content (AvgIpc) is 2.78. The van der Waals surface area contributed by atoms with Crippen molar-refractivity contribution in [2.75, 3.05) is 19.6 Å². The van der Waals surface area contributed by atoms with Gasteiger partial charge < -0.3 is 9.84 Å². The highest BCUT2D eigenvalue weighted by Gasteiger charge is 2.27. The number of rotatable bonds is 4. The van der Waals surface area contributed by atoms with Gasteiger partial charge in [-0.15, -0.1) is 0 Å². The van der Waals surface area contributed by atoms with Crippen LogP contribution in [0.4, 0.5) is 0 Å². The summed E-state index contributed by atoms with van der Waals surface area (Å²) in [4.78, 5) is 6.61. The van der Waals surface area contributed by atoms with Crippen molar-refractivity contribution in [2.24, 2.45) is 5.92 Å². The summed E-state index contributed by atoms with van der Waals surface area (Å²) in [5.41, 5.74) is 0. The largest absolute Gasteiger partial charge is 0.343 e. The van der Waals surface area contributed by atoms with Crippen molar-refractivity contribution in [2.45, 2.75) is 39.3 Å². The van der Waals surface area contributed by atoms with Crippen LogP contribution in [-0.2, 0) is 6.42 Å². The minimum atomic E-state index is 0.565. The second-order valence-corrected chi connectivity index (χ2v) is 5.21. The quantitative estimate of drug-likeness (QED) is 0.845. The van der Waals surface area contributed by atoms with E-state index in [0.717, 1.165) is 31.9 Å². The van der Waals surface area contributed by atoms with Crippen LogP contribution in [0.15, 0.2) is 10.9 Å². The summed E-state index contributed by atoms with van der Waals surface area (Å²) in [5, 5.41) is 7.41. The molecular formula is C12H22N4O. The number of hydrogen-bond donors (Lipinski definition) is 1. The molecule has 96 valence electrons. The molecule has 5 heteroatoms. The fourth-order valence-electron chi connectivity index (χ4n) is 2.46. The first-order valence-corrected chi connectivity index (χ1v) is 6.39. The number of nitrogens with one attached hydrogen (secondary N) is 1. The molecule has 2 heterocycles. The van der Waals surface area contributed by atoms with Crippen LogP contribution in [-0.4, -0.2) is 46.8 Å². The van der Waals surface area contributed by atoms with Crippen molar-refractivity contribution >= 4 is 0 Å². The Kier molecular flexibility index (Phi) is 4.12. The highest BCUT2D eigenvalue weighted by molar-refractivity contribution is 4.88. The van der Waals surface area contributed by atoms with Gasteiger partial charge in [-0.3, -0.25) is 4.90 Å². The molecule has 0 aliphatic carbocycles. The number of aromatic nitrogens is 2. The topological polar surface area (TPSA) is 54.2 Å². The molecule has 2 rings (SSSR count). The first-order chi connectivity index (χ1) is 8.16. The van der Waals surface area contributed by atoms with E-state index in [1.165, 1.54) is 6.39 Å². The van der Waals surface area contributed by atoms with E-state index in [1.807, 2.05) is 0 Å². The molecule has 1 aliphatic heterocycles. The van der Waals surface area contributed by atoms with Crippen LogP contribution < -0.4 is 5.32 Å². The summed E-state index contributed by atoms with van der Waals surface area (Å²) in [7, 11) is 0. The normalized spacial score (nSPS) is 26.6. The van der Waals surface area contributed by atoms with Gasteiger partial charge in [-0.25, -0.2) is 0 Å². The lowest BCUT2D eigenvalue weighted by Gasteiger charge is -2.41. The smallest absolute Gasteiger partial charge is 0.213 e. The van der Waals surface area contributed by atoms with Crippen molar-refractivity contribution in [1.82, 2.24) is 20.4 Å². The molecule has 0 amide bonds. The van der Waals surface area contributed by atoms with Crippen LogP contribution in [0.25, 0.3) is 0 Å². The van der Waals surface area contributed by atoms with Crippen LogP contribution in [0.1, 0.15) is 26.6 Å². The van der Waals surface area contributed by atoms with Gasteiger partial charge in [0.25, 0.3) is 0 Å². The van der Waals surface area contributed by atoms with Gasteiger partial charge in [0.1, 0.15) is 0 Å². The Morgan fingerprint density at radius 2 is 2.41 bits per heavy atom. The third kappa shape index (κ3) is 3.26. The average molecular weight is 238 g/mol. The Morgan fingerprint density at radius 1 is 1.59 bits per heavy atom. The fourth-order valence-corrected chi connectivity index (χ4v) is 2.46. The van der Waals surface area contributed by atoms with E-state index in [9.17, 15) is 0 Å². The maximum Gasteiger partial charge on any atom is 0.213 e. The standard InChI is InChI=1S/C12H22N4O/c1-9(2)11-6-13-10(3)7-16(11)5-4-12-14-8-17-15-12/h8-11,13H,4-7H2,1-3H3. The molecule has 0 bridgehead atoms. The van der Waals surface area contributed by atoms with Crippen LogP contribution in [0, 0.1) is 5.92 Å². The Morgan fingerprint density at radius 3 is 3.06 bits per heavy atom. The summed E-state index contributed by atoms with van der Waals surface area (Å²) in [6.07, 6.45) is 2.27. The van der Waals surface area contributed by atoms with E-state index >= 15 is 0 Å². The molecule has 0 aromatic carbocycles.